The van der Waals surface area contributed by atoms with Crippen molar-refractivity contribution in [1.29, 1.82) is 5.26 Å². The number of hydrogen-bond acceptors (Lipinski definition) is 7. The van der Waals surface area contributed by atoms with E-state index in [1.807, 2.05) is 22.6 Å². The third-order valence-electron chi connectivity index (χ3n) is 4.42. The minimum Gasteiger partial charge on any atom is -0.486 e. The van der Waals surface area contributed by atoms with Crippen molar-refractivity contribution in [2.45, 2.75) is 16.7 Å². The molecular formula is C17H16FIN4O4S. The Bertz CT molecular complexity index is 1030. The summed E-state index contributed by atoms with van der Waals surface area (Å²) in [4.78, 5) is 3.94. The van der Waals surface area contributed by atoms with Crippen molar-refractivity contribution >= 4 is 32.6 Å². The molecule has 28 heavy (non-hydrogen) atoms. The van der Waals surface area contributed by atoms with E-state index in [4.69, 9.17) is 15.7 Å². The number of sulfonamides is 1. The number of halogens is 2. The summed E-state index contributed by atoms with van der Waals surface area (Å²) in [6, 6.07) is 8.31. The summed E-state index contributed by atoms with van der Waals surface area (Å²) in [6.45, 7) is -0.739. The van der Waals surface area contributed by atoms with Crippen LogP contribution in [0.3, 0.4) is 0 Å². The Kier molecular flexibility index (Phi) is 5.87. The molecule has 0 amide bonds. The van der Waals surface area contributed by atoms with Crippen LogP contribution in [0, 0.1) is 20.7 Å². The van der Waals surface area contributed by atoms with Gasteiger partial charge in [0.25, 0.3) is 10.0 Å². The van der Waals surface area contributed by atoms with Crippen LogP contribution in [0.2, 0.25) is 0 Å². The first-order valence-electron chi connectivity index (χ1n) is 8.10. The van der Waals surface area contributed by atoms with E-state index in [0.717, 1.165) is 13.9 Å². The fourth-order valence-electron chi connectivity index (χ4n) is 2.82. The van der Waals surface area contributed by atoms with E-state index in [9.17, 15) is 17.9 Å². The number of nitrogens with two attached hydrogens (primary N) is 1. The van der Waals surface area contributed by atoms with E-state index in [2.05, 4.69) is 4.98 Å². The fraction of sp³-hybridized carbons (Fsp3) is 0.294. The van der Waals surface area contributed by atoms with Crippen LogP contribution in [0.5, 0.6) is 5.75 Å². The topological polar surface area (TPSA) is 130 Å². The van der Waals surface area contributed by atoms with E-state index in [0.29, 0.717) is 0 Å². The molecule has 3 N–H and O–H groups in total. The Labute approximate surface area is 174 Å². The second-order valence-corrected chi connectivity index (χ2v) is 9.41. The van der Waals surface area contributed by atoms with Gasteiger partial charge < -0.3 is 15.6 Å². The molecule has 0 bridgehead atoms. The Morgan fingerprint density at radius 2 is 2.21 bits per heavy atom. The summed E-state index contributed by atoms with van der Waals surface area (Å²) >= 11 is 2.01. The monoisotopic (exact) mass is 518 g/mol. The van der Waals surface area contributed by atoms with Gasteiger partial charge in [0.05, 0.1) is 12.1 Å². The highest BCUT2D eigenvalue weighted by Crippen LogP contribution is 2.30. The summed E-state index contributed by atoms with van der Waals surface area (Å²) in [5.74, 6) is -0.720. The number of nitriles is 1. The van der Waals surface area contributed by atoms with E-state index in [1.165, 1.54) is 24.4 Å². The zero-order chi connectivity index (χ0) is 20.5. The van der Waals surface area contributed by atoms with Crippen molar-refractivity contribution < 1.29 is 22.7 Å². The largest absolute Gasteiger partial charge is 0.486 e. The third-order valence-corrected chi connectivity index (χ3v) is 6.78. The molecule has 1 fully saturated rings. The number of β-amino-alcohol motifs (C(OH)–C–C–N with tert-alkyl or cyclic N) is 1. The highest BCUT2D eigenvalue weighted by Gasteiger charge is 2.50. The summed E-state index contributed by atoms with van der Waals surface area (Å²) in [6.07, 6.45) is 0.398. The molecule has 8 nitrogen and oxygen atoms in total. The van der Waals surface area contributed by atoms with Gasteiger partial charge in [0.1, 0.15) is 29.3 Å². The molecule has 148 valence electrons. The number of aliphatic hydroxyl groups is 1. The molecule has 1 aromatic carbocycles. The Balaban J connectivity index is 1.86. The molecule has 0 spiro atoms. The SMILES string of the molecule is N#Cc1ccc(OC2CN(S(=O)(=O)c3ccc(I)cn3)C[C@@]2(O)CN)cc1F. The van der Waals surface area contributed by atoms with Gasteiger partial charge in [0.15, 0.2) is 5.03 Å². The first kappa shape index (κ1) is 20.9. The van der Waals surface area contributed by atoms with Gasteiger partial charge in [0.2, 0.25) is 0 Å². The van der Waals surface area contributed by atoms with Gasteiger partial charge >= 0.3 is 0 Å². The number of benzene rings is 1. The highest BCUT2D eigenvalue weighted by atomic mass is 127. The smallest absolute Gasteiger partial charge is 0.260 e. The molecule has 2 aromatic rings. The molecule has 2 heterocycles. The van der Waals surface area contributed by atoms with Crippen molar-refractivity contribution in [3.05, 3.63) is 51.5 Å². The first-order chi connectivity index (χ1) is 13.2. The standard InChI is InChI=1S/C17H16FIN4O4S/c18-14-5-13(3-1-11(14)6-20)27-15-8-23(10-17(15,24)9-21)28(25,26)16-4-2-12(19)7-22-16/h1-5,7,15,24H,8-10,21H2/t15?,17-/m0/s1. The molecule has 2 atom stereocenters. The van der Waals surface area contributed by atoms with E-state index in [1.54, 1.807) is 12.1 Å². The van der Waals surface area contributed by atoms with Crippen LogP contribution in [-0.2, 0) is 10.0 Å². The van der Waals surface area contributed by atoms with Gasteiger partial charge in [-0.25, -0.2) is 17.8 Å². The molecule has 1 saturated heterocycles. The molecule has 0 saturated carbocycles. The van der Waals surface area contributed by atoms with E-state index < -0.39 is 27.5 Å². The average Bonchev–Trinajstić information content (AvgIpc) is 3.00. The van der Waals surface area contributed by atoms with Crippen LogP contribution in [0.15, 0.2) is 41.6 Å². The second-order valence-electron chi connectivity index (χ2n) is 6.28. The van der Waals surface area contributed by atoms with Gasteiger partial charge in [-0.15, -0.1) is 0 Å². The molecule has 1 unspecified atom stereocenters. The predicted molar refractivity (Wildman–Crippen MR) is 105 cm³/mol. The fourth-order valence-corrected chi connectivity index (χ4v) is 4.56. The lowest BCUT2D eigenvalue weighted by molar-refractivity contribution is -0.0201. The number of ether oxygens (including phenoxy) is 1. The second kappa shape index (κ2) is 7.88. The molecule has 1 aromatic heterocycles. The van der Waals surface area contributed by atoms with Crippen LogP contribution in [0.25, 0.3) is 0 Å². The summed E-state index contributed by atoms with van der Waals surface area (Å²) in [5, 5.41) is 19.4. The van der Waals surface area contributed by atoms with Crippen molar-refractivity contribution in [3.63, 3.8) is 0 Å². The van der Waals surface area contributed by atoms with Gasteiger partial charge in [-0.05, 0) is 46.9 Å². The number of rotatable bonds is 5. The quantitative estimate of drug-likeness (QED) is 0.562. The minimum absolute atomic E-state index is 0.0556. The molecule has 3 rings (SSSR count). The van der Waals surface area contributed by atoms with Crippen molar-refractivity contribution in [3.8, 4) is 11.8 Å². The van der Waals surface area contributed by atoms with Gasteiger partial charge in [-0.2, -0.15) is 9.57 Å². The Morgan fingerprint density at radius 3 is 2.79 bits per heavy atom. The van der Waals surface area contributed by atoms with Crippen LogP contribution in [-0.4, -0.2) is 54.2 Å². The Morgan fingerprint density at radius 1 is 1.46 bits per heavy atom. The van der Waals surface area contributed by atoms with Crippen LogP contribution >= 0.6 is 22.6 Å². The molecule has 11 heteroatoms. The molecule has 1 aliphatic heterocycles. The predicted octanol–water partition coefficient (Wildman–Crippen LogP) is 0.839. The van der Waals surface area contributed by atoms with E-state index in [-0.39, 0.29) is 36.0 Å². The normalized spacial score (nSPS) is 22.8. The lowest BCUT2D eigenvalue weighted by Crippen LogP contribution is -2.50. The lowest BCUT2D eigenvalue weighted by Gasteiger charge is -2.27. The maximum absolute atomic E-state index is 13.8. The van der Waals surface area contributed by atoms with Gasteiger partial charge in [0, 0.05) is 28.9 Å². The zero-order valence-electron chi connectivity index (χ0n) is 14.4. The van der Waals surface area contributed by atoms with Gasteiger partial charge in [-0.1, -0.05) is 0 Å². The summed E-state index contributed by atoms with van der Waals surface area (Å²) in [7, 11) is -3.97. The van der Waals surface area contributed by atoms with Crippen molar-refractivity contribution in [2.24, 2.45) is 5.73 Å². The minimum atomic E-state index is -3.97. The number of hydrogen-bond donors (Lipinski definition) is 2. The molecule has 0 radical (unpaired) electrons. The zero-order valence-corrected chi connectivity index (χ0v) is 17.4. The van der Waals surface area contributed by atoms with E-state index >= 15 is 0 Å². The number of aromatic nitrogens is 1. The molecule has 0 aliphatic carbocycles. The maximum Gasteiger partial charge on any atom is 0.260 e. The number of nitrogens with zero attached hydrogens (tertiary/aromatic N) is 3. The summed E-state index contributed by atoms with van der Waals surface area (Å²) in [5.41, 5.74) is 3.85. The molecule has 1 aliphatic rings. The van der Waals surface area contributed by atoms with Crippen molar-refractivity contribution in [1.82, 2.24) is 9.29 Å². The average molecular weight is 518 g/mol. The van der Waals surface area contributed by atoms with Crippen LogP contribution in [0.4, 0.5) is 4.39 Å². The van der Waals surface area contributed by atoms with Crippen LogP contribution in [0.1, 0.15) is 5.56 Å². The third kappa shape index (κ3) is 3.96. The number of pyridine rings is 1. The maximum atomic E-state index is 13.8. The first-order valence-corrected chi connectivity index (χ1v) is 10.6. The van der Waals surface area contributed by atoms with Crippen molar-refractivity contribution in [2.75, 3.05) is 19.6 Å². The van der Waals surface area contributed by atoms with Gasteiger partial charge in [-0.3, -0.25) is 0 Å². The Hall–Kier alpha value is -1.85. The molecular weight excluding hydrogens is 502 g/mol. The van der Waals surface area contributed by atoms with Crippen LogP contribution < -0.4 is 10.5 Å². The lowest BCUT2D eigenvalue weighted by atomic mass is 10.0. The summed E-state index contributed by atoms with van der Waals surface area (Å²) < 4.78 is 47.0. The highest BCUT2D eigenvalue weighted by molar-refractivity contribution is 14.1.